The van der Waals surface area contributed by atoms with E-state index in [0.717, 1.165) is 16.9 Å². The Bertz CT molecular complexity index is 680. The van der Waals surface area contributed by atoms with Gasteiger partial charge < -0.3 is 15.4 Å². The fourth-order valence-electron chi connectivity index (χ4n) is 2.43. The van der Waals surface area contributed by atoms with Gasteiger partial charge in [0.15, 0.2) is 0 Å². The number of nitrogens with two attached hydrogens (primary N) is 1. The number of benzene rings is 2. The molecule has 0 aliphatic rings. The van der Waals surface area contributed by atoms with Gasteiger partial charge in [-0.2, -0.15) is 0 Å². The van der Waals surface area contributed by atoms with E-state index in [1.54, 1.807) is 12.1 Å². The summed E-state index contributed by atoms with van der Waals surface area (Å²) in [4.78, 5) is 13.9. The Morgan fingerprint density at radius 1 is 1.10 bits per heavy atom. The van der Waals surface area contributed by atoms with Crippen molar-refractivity contribution in [3.05, 3.63) is 53.1 Å². The number of ether oxygens (including phenoxy) is 1. The zero-order chi connectivity index (χ0) is 15.6. The van der Waals surface area contributed by atoms with Crippen LogP contribution in [0.1, 0.15) is 21.5 Å². The van der Waals surface area contributed by atoms with Gasteiger partial charge in [0.2, 0.25) is 0 Å². The number of esters is 1. The van der Waals surface area contributed by atoms with Gasteiger partial charge in [-0.05, 0) is 43.7 Å². The summed E-state index contributed by atoms with van der Waals surface area (Å²) in [5.41, 5.74) is 10.9. The summed E-state index contributed by atoms with van der Waals surface area (Å²) in [5.74, 6) is -0.395. The van der Waals surface area contributed by atoms with Crippen molar-refractivity contribution >= 4 is 23.0 Å². The molecule has 0 unspecified atom stereocenters. The predicted molar refractivity (Wildman–Crippen MR) is 86.2 cm³/mol. The average Bonchev–Trinajstić information content (AvgIpc) is 2.45. The molecule has 0 amide bonds. The third-order valence-corrected chi connectivity index (χ3v) is 3.50. The molecule has 110 valence electrons. The molecule has 0 saturated carbocycles. The second-order valence-electron chi connectivity index (χ2n) is 5.12. The van der Waals surface area contributed by atoms with Gasteiger partial charge in [0.25, 0.3) is 0 Å². The van der Waals surface area contributed by atoms with Crippen LogP contribution >= 0.6 is 0 Å². The largest absolute Gasteiger partial charge is 0.465 e. The molecule has 4 heteroatoms. The number of hydrogen-bond donors (Lipinski definition) is 1. The topological polar surface area (TPSA) is 55.6 Å². The first-order valence-electron chi connectivity index (χ1n) is 6.73. The third-order valence-electron chi connectivity index (χ3n) is 3.50. The van der Waals surface area contributed by atoms with Crippen molar-refractivity contribution in [2.24, 2.45) is 0 Å². The summed E-state index contributed by atoms with van der Waals surface area (Å²) < 4.78 is 4.85. The number of nitrogens with zero attached hydrogens (tertiary/aromatic N) is 1. The number of nitrogen functional groups attached to an aromatic ring is 1. The lowest BCUT2D eigenvalue weighted by Gasteiger charge is -2.24. The van der Waals surface area contributed by atoms with E-state index >= 15 is 0 Å². The fourth-order valence-corrected chi connectivity index (χ4v) is 2.43. The lowest BCUT2D eigenvalue weighted by atomic mass is 10.1. The highest BCUT2D eigenvalue weighted by atomic mass is 16.5. The zero-order valence-electron chi connectivity index (χ0n) is 12.8. The molecule has 0 aromatic heterocycles. The lowest BCUT2D eigenvalue weighted by Crippen LogP contribution is -2.16. The molecule has 2 rings (SSSR count). The monoisotopic (exact) mass is 284 g/mol. The van der Waals surface area contributed by atoms with Crippen LogP contribution < -0.4 is 10.6 Å². The number of methoxy groups -OCH3 is 1. The van der Waals surface area contributed by atoms with E-state index in [-0.39, 0.29) is 0 Å². The SMILES string of the molecule is COC(=O)c1cc(N)ccc1N(C)c1ccc(C)cc1C. The van der Waals surface area contributed by atoms with Crippen molar-refractivity contribution in [1.82, 2.24) is 0 Å². The van der Waals surface area contributed by atoms with Crippen LogP contribution in [0.3, 0.4) is 0 Å². The molecule has 0 spiro atoms. The number of carbonyl (C=O) groups excluding carboxylic acids is 1. The molecular weight excluding hydrogens is 264 g/mol. The van der Waals surface area contributed by atoms with E-state index in [1.807, 2.05) is 37.1 Å². The van der Waals surface area contributed by atoms with Crippen molar-refractivity contribution in [3.8, 4) is 0 Å². The summed E-state index contributed by atoms with van der Waals surface area (Å²) in [6.07, 6.45) is 0. The maximum atomic E-state index is 12.0. The van der Waals surface area contributed by atoms with Crippen molar-refractivity contribution in [2.45, 2.75) is 13.8 Å². The van der Waals surface area contributed by atoms with Crippen LogP contribution in [-0.2, 0) is 4.74 Å². The maximum absolute atomic E-state index is 12.0. The second-order valence-corrected chi connectivity index (χ2v) is 5.12. The Balaban J connectivity index is 2.52. The van der Waals surface area contributed by atoms with Gasteiger partial charge in [0.1, 0.15) is 0 Å². The number of carbonyl (C=O) groups is 1. The minimum atomic E-state index is -0.395. The fraction of sp³-hybridized carbons (Fsp3) is 0.235. The Morgan fingerprint density at radius 3 is 2.38 bits per heavy atom. The van der Waals surface area contributed by atoms with E-state index in [1.165, 1.54) is 12.7 Å². The molecule has 0 heterocycles. The van der Waals surface area contributed by atoms with Crippen LogP contribution in [0.2, 0.25) is 0 Å². The van der Waals surface area contributed by atoms with Gasteiger partial charge in [-0.25, -0.2) is 4.79 Å². The normalized spacial score (nSPS) is 10.3. The predicted octanol–water partition coefficient (Wildman–Crippen LogP) is 3.44. The molecule has 0 aliphatic carbocycles. The third kappa shape index (κ3) is 2.99. The van der Waals surface area contributed by atoms with E-state index in [2.05, 4.69) is 13.0 Å². The standard InChI is InChI=1S/C17H20N2O2/c1-11-5-7-15(12(2)9-11)19(3)16-8-6-13(18)10-14(16)17(20)21-4/h5-10H,18H2,1-4H3. The van der Waals surface area contributed by atoms with Gasteiger partial charge in [-0.15, -0.1) is 0 Å². The minimum absolute atomic E-state index is 0.395. The highest BCUT2D eigenvalue weighted by Gasteiger charge is 2.17. The van der Waals surface area contributed by atoms with E-state index in [0.29, 0.717) is 11.3 Å². The molecule has 0 atom stereocenters. The number of anilines is 3. The van der Waals surface area contributed by atoms with Crippen LogP contribution in [0.5, 0.6) is 0 Å². The summed E-state index contributed by atoms with van der Waals surface area (Å²) in [7, 11) is 3.29. The van der Waals surface area contributed by atoms with Crippen LogP contribution in [0, 0.1) is 13.8 Å². The Kier molecular flexibility index (Phi) is 4.17. The molecule has 0 aliphatic heterocycles. The molecule has 2 aromatic rings. The minimum Gasteiger partial charge on any atom is -0.465 e. The van der Waals surface area contributed by atoms with Gasteiger partial charge in [0, 0.05) is 18.4 Å². The van der Waals surface area contributed by atoms with E-state index in [9.17, 15) is 4.79 Å². The molecule has 0 fully saturated rings. The Morgan fingerprint density at radius 2 is 1.76 bits per heavy atom. The first-order valence-corrected chi connectivity index (χ1v) is 6.73. The van der Waals surface area contributed by atoms with Gasteiger partial charge in [0.05, 0.1) is 18.4 Å². The first-order chi connectivity index (χ1) is 9.93. The molecule has 2 N–H and O–H groups in total. The maximum Gasteiger partial charge on any atom is 0.340 e. The molecule has 0 radical (unpaired) electrons. The van der Waals surface area contributed by atoms with Crippen molar-refractivity contribution < 1.29 is 9.53 Å². The number of rotatable bonds is 3. The van der Waals surface area contributed by atoms with Crippen molar-refractivity contribution in [2.75, 3.05) is 24.8 Å². The molecular formula is C17H20N2O2. The van der Waals surface area contributed by atoms with Crippen LogP contribution in [0.15, 0.2) is 36.4 Å². The van der Waals surface area contributed by atoms with Crippen molar-refractivity contribution in [1.29, 1.82) is 0 Å². The molecule has 0 saturated heterocycles. The van der Waals surface area contributed by atoms with Gasteiger partial charge in [-0.3, -0.25) is 0 Å². The summed E-state index contributed by atoms with van der Waals surface area (Å²) in [6.45, 7) is 4.10. The lowest BCUT2D eigenvalue weighted by molar-refractivity contribution is 0.0601. The van der Waals surface area contributed by atoms with Crippen LogP contribution in [0.25, 0.3) is 0 Å². The van der Waals surface area contributed by atoms with Gasteiger partial charge in [-0.1, -0.05) is 17.7 Å². The van der Waals surface area contributed by atoms with E-state index < -0.39 is 5.97 Å². The molecule has 0 bridgehead atoms. The van der Waals surface area contributed by atoms with Crippen LogP contribution in [-0.4, -0.2) is 20.1 Å². The number of aryl methyl sites for hydroxylation is 2. The second kappa shape index (κ2) is 5.87. The average molecular weight is 284 g/mol. The molecule has 4 nitrogen and oxygen atoms in total. The highest BCUT2D eigenvalue weighted by molar-refractivity contribution is 5.98. The summed E-state index contributed by atoms with van der Waals surface area (Å²) in [6, 6.07) is 11.5. The Labute approximate surface area is 125 Å². The Hall–Kier alpha value is -2.49. The zero-order valence-corrected chi connectivity index (χ0v) is 12.8. The first kappa shape index (κ1) is 14.9. The van der Waals surface area contributed by atoms with Gasteiger partial charge >= 0.3 is 5.97 Å². The quantitative estimate of drug-likeness (QED) is 0.693. The van der Waals surface area contributed by atoms with Crippen LogP contribution in [0.4, 0.5) is 17.1 Å². The van der Waals surface area contributed by atoms with Crippen molar-refractivity contribution in [3.63, 3.8) is 0 Å². The highest BCUT2D eigenvalue weighted by Crippen LogP contribution is 2.31. The summed E-state index contributed by atoms with van der Waals surface area (Å²) in [5, 5.41) is 0. The smallest absolute Gasteiger partial charge is 0.340 e. The molecule has 21 heavy (non-hydrogen) atoms. The number of hydrogen-bond acceptors (Lipinski definition) is 4. The molecule has 2 aromatic carbocycles. The summed E-state index contributed by atoms with van der Waals surface area (Å²) >= 11 is 0. The van der Waals surface area contributed by atoms with E-state index in [4.69, 9.17) is 10.5 Å².